The van der Waals surface area contributed by atoms with Gasteiger partial charge in [0.15, 0.2) is 0 Å². The van der Waals surface area contributed by atoms with Crippen molar-refractivity contribution < 1.29 is 14.3 Å². The molecule has 19 heavy (non-hydrogen) atoms. The van der Waals surface area contributed by atoms with Crippen molar-refractivity contribution in [1.29, 1.82) is 0 Å². The summed E-state index contributed by atoms with van der Waals surface area (Å²) in [7, 11) is 3.04. The number of allylic oxidation sites excluding steroid dienone is 2. The third kappa shape index (κ3) is 6.46. The van der Waals surface area contributed by atoms with Crippen LogP contribution in [0.5, 0.6) is 5.75 Å². The maximum atomic E-state index is 10.8. The molecule has 0 saturated heterocycles. The molecule has 0 heterocycles. The second-order valence-corrected chi connectivity index (χ2v) is 4.03. The van der Waals surface area contributed by atoms with E-state index in [2.05, 4.69) is 16.9 Å². The van der Waals surface area contributed by atoms with Crippen molar-refractivity contribution in [3.8, 4) is 5.75 Å². The summed E-state index contributed by atoms with van der Waals surface area (Å²) in [6.07, 6.45) is 10.4. The summed E-state index contributed by atoms with van der Waals surface area (Å²) in [6, 6.07) is 7.93. The first-order valence-electron chi connectivity index (χ1n) is 6.31. The molecule has 0 unspecified atom stereocenters. The molecule has 0 aliphatic rings. The fourth-order valence-electron chi connectivity index (χ4n) is 1.54. The van der Waals surface area contributed by atoms with Gasteiger partial charge in [0.2, 0.25) is 0 Å². The van der Waals surface area contributed by atoms with Gasteiger partial charge in [0, 0.05) is 6.08 Å². The van der Waals surface area contributed by atoms with E-state index in [1.165, 1.54) is 13.2 Å². The SMILES string of the molecule is COC(=O)/C=C/CCC/C=C\c1ccc(OC)cc1. The Morgan fingerprint density at radius 3 is 2.42 bits per heavy atom. The largest absolute Gasteiger partial charge is 0.497 e. The molecule has 0 saturated carbocycles. The molecule has 0 bridgehead atoms. The highest BCUT2D eigenvalue weighted by atomic mass is 16.5. The Bertz CT molecular complexity index is 430. The normalized spacial score (nSPS) is 11.1. The zero-order valence-electron chi connectivity index (χ0n) is 11.5. The summed E-state index contributed by atoms with van der Waals surface area (Å²) < 4.78 is 9.60. The summed E-state index contributed by atoms with van der Waals surface area (Å²) in [5.41, 5.74) is 1.16. The van der Waals surface area contributed by atoms with Crippen LogP contribution in [-0.2, 0) is 9.53 Å². The summed E-state index contributed by atoms with van der Waals surface area (Å²) in [6.45, 7) is 0. The topological polar surface area (TPSA) is 35.5 Å². The molecule has 0 spiro atoms. The van der Waals surface area contributed by atoms with E-state index >= 15 is 0 Å². The van der Waals surface area contributed by atoms with E-state index in [1.54, 1.807) is 7.11 Å². The van der Waals surface area contributed by atoms with Crippen molar-refractivity contribution in [3.63, 3.8) is 0 Å². The fraction of sp³-hybridized carbons (Fsp3) is 0.312. The van der Waals surface area contributed by atoms with Crippen molar-refractivity contribution in [1.82, 2.24) is 0 Å². The molecule has 0 aromatic heterocycles. The Labute approximate surface area is 114 Å². The predicted molar refractivity (Wildman–Crippen MR) is 77.0 cm³/mol. The molecule has 0 fully saturated rings. The minimum Gasteiger partial charge on any atom is -0.497 e. The van der Waals surface area contributed by atoms with E-state index < -0.39 is 0 Å². The van der Waals surface area contributed by atoms with Crippen LogP contribution < -0.4 is 4.74 Å². The Kier molecular flexibility index (Phi) is 7.10. The van der Waals surface area contributed by atoms with E-state index in [-0.39, 0.29) is 5.97 Å². The lowest BCUT2D eigenvalue weighted by Crippen LogP contribution is -1.93. The van der Waals surface area contributed by atoms with Gasteiger partial charge in [-0.25, -0.2) is 4.79 Å². The molecule has 3 nitrogen and oxygen atoms in total. The average molecular weight is 260 g/mol. The van der Waals surface area contributed by atoms with Gasteiger partial charge >= 0.3 is 5.97 Å². The third-order valence-electron chi connectivity index (χ3n) is 2.62. The molecule has 3 heteroatoms. The van der Waals surface area contributed by atoms with Crippen molar-refractivity contribution in [2.75, 3.05) is 14.2 Å². The maximum Gasteiger partial charge on any atom is 0.330 e. The van der Waals surface area contributed by atoms with E-state index in [4.69, 9.17) is 4.74 Å². The first-order valence-corrected chi connectivity index (χ1v) is 6.31. The first-order chi connectivity index (χ1) is 9.26. The Hall–Kier alpha value is -2.03. The van der Waals surface area contributed by atoms with Crippen molar-refractivity contribution in [2.24, 2.45) is 0 Å². The molecule has 1 rings (SSSR count). The molecular weight excluding hydrogens is 240 g/mol. The number of hydrogen-bond donors (Lipinski definition) is 0. The monoisotopic (exact) mass is 260 g/mol. The predicted octanol–water partition coefficient (Wildman–Crippen LogP) is 3.61. The van der Waals surface area contributed by atoms with Gasteiger partial charge in [-0.2, -0.15) is 0 Å². The van der Waals surface area contributed by atoms with Crippen LogP contribution in [0.3, 0.4) is 0 Å². The molecule has 0 atom stereocenters. The van der Waals surface area contributed by atoms with Crippen LogP contribution in [0.1, 0.15) is 24.8 Å². The second kappa shape index (κ2) is 8.97. The number of carbonyl (C=O) groups excluding carboxylic acids is 1. The minimum atomic E-state index is -0.297. The highest BCUT2D eigenvalue weighted by Gasteiger charge is 1.91. The highest BCUT2D eigenvalue weighted by molar-refractivity contribution is 5.81. The van der Waals surface area contributed by atoms with Crippen LogP contribution in [0.25, 0.3) is 6.08 Å². The molecule has 1 aromatic rings. The van der Waals surface area contributed by atoms with Gasteiger partial charge in [0.1, 0.15) is 5.75 Å². The average Bonchev–Trinajstić information content (AvgIpc) is 2.46. The number of esters is 1. The molecule has 0 aliphatic heterocycles. The Morgan fingerprint density at radius 2 is 1.79 bits per heavy atom. The summed E-state index contributed by atoms with van der Waals surface area (Å²) in [5.74, 6) is 0.568. The van der Waals surface area contributed by atoms with Gasteiger partial charge in [-0.3, -0.25) is 0 Å². The quantitative estimate of drug-likeness (QED) is 0.427. The molecule has 0 aliphatic carbocycles. The fourth-order valence-corrected chi connectivity index (χ4v) is 1.54. The Balaban J connectivity index is 2.23. The molecular formula is C16H20O3. The zero-order valence-corrected chi connectivity index (χ0v) is 11.5. The number of ether oxygens (including phenoxy) is 2. The van der Waals surface area contributed by atoms with Gasteiger partial charge in [-0.15, -0.1) is 0 Å². The lowest BCUT2D eigenvalue weighted by atomic mass is 10.1. The van der Waals surface area contributed by atoms with E-state index in [9.17, 15) is 4.79 Å². The number of hydrogen-bond acceptors (Lipinski definition) is 3. The zero-order chi connectivity index (χ0) is 13.9. The number of benzene rings is 1. The lowest BCUT2D eigenvalue weighted by Gasteiger charge is -1.99. The Morgan fingerprint density at radius 1 is 1.11 bits per heavy atom. The maximum absolute atomic E-state index is 10.8. The summed E-state index contributed by atoms with van der Waals surface area (Å²) in [5, 5.41) is 0. The number of carbonyl (C=O) groups is 1. The molecule has 1 aromatic carbocycles. The number of unbranched alkanes of at least 4 members (excludes halogenated alkanes) is 2. The van der Waals surface area contributed by atoms with Crippen LogP contribution in [0.15, 0.2) is 42.5 Å². The second-order valence-electron chi connectivity index (χ2n) is 4.03. The van der Waals surface area contributed by atoms with Gasteiger partial charge in [0.05, 0.1) is 14.2 Å². The van der Waals surface area contributed by atoms with Crippen molar-refractivity contribution >= 4 is 12.0 Å². The van der Waals surface area contributed by atoms with Crippen molar-refractivity contribution in [3.05, 3.63) is 48.1 Å². The number of methoxy groups -OCH3 is 2. The summed E-state index contributed by atoms with van der Waals surface area (Å²) in [4.78, 5) is 10.8. The molecule has 102 valence electrons. The van der Waals surface area contributed by atoms with Crippen LogP contribution in [0, 0.1) is 0 Å². The minimum absolute atomic E-state index is 0.297. The van der Waals surface area contributed by atoms with E-state index in [0.29, 0.717) is 0 Å². The highest BCUT2D eigenvalue weighted by Crippen LogP contribution is 2.12. The van der Waals surface area contributed by atoms with Gasteiger partial charge in [-0.05, 0) is 37.0 Å². The van der Waals surface area contributed by atoms with E-state index in [1.807, 2.05) is 30.3 Å². The van der Waals surface area contributed by atoms with Gasteiger partial charge < -0.3 is 9.47 Å². The molecule has 0 amide bonds. The van der Waals surface area contributed by atoms with Crippen LogP contribution in [0.4, 0.5) is 0 Å². The number of rotatable bonds is 7. The molecule has 0 radical (unpaired) electrons. The smallest absolute Gasteiger partial charge is 0.330 e. The van der Waals surface area contributed by atoms with Crippen LogP contribution in [-0.4, -0.2) is 20.2 Å². The van der Waals surface area contributed by atoms with Gasteiger partial charge in [0.25, 0.3) is 0 Å². The van der Waals surface area contributed by atoms with Crippen molar-refractivity contribution in [2.45, 2.75) is 19.3 Å². The summed E-state index contributed by atoms with van der Waals surface area (Å²) >= 11 is 0. The van der Waals surface area contributed by atoms with Crippen LogP contribution in [0.2, 0.25) is 0 Å². The first kappa shape index (κ1) is 15.0. The molecule has 0 N–H and O–H groups in total. The lowest BCUT2D eigenvalue weighted by molar-refractivity contribution is -0.134. The van der Waals surface area contributed by atoms with Gasteiger partial charge in [-0.1, -0.05) is 30.4 Å². The van der Waals surface area contributed by atoms with E-state index in [0.717, 1.165) is 30.6 Å². The van der Waals surface area contributed by atoms with Crippen LogP contribution >= 0.6 is 0 Å². The third-order valence-corrected chi connectivity index (χ3v) is 2.62. The standard InChI is InChI=1S/C16H20O3/c1-18-15-12-10-14(11-13-15)8-6-4-3-5-7-9-16(17)19-2/h6-13H,3-5H2,1-2H3/b8-6-,9-7+.